The first-order valence-electron chi connectivity index (χ1n) is 8.06. The fourth-order valence-corrected chi connectivity index (χ4v) is 2.66. The summed E-state index contributed by atoms with van der Waals surface area (Å²) in [5.41, 5.74) is -2.49. The molecule has 0 aliphatic carbocycles. The zero-order chi connectivity index (χ0) is 21.4. The van der Waals surface area contributed by atoms with Gasteiger partial charge in [-0.25, -0.2) is 9.78 Å². The summed E-state index contributed by atoms with van der Waals surface area (Å²) in [6, 6.07) is 10.3. The average molecular weight is 411 g/mol. The van der Waals surface area contributed by atoms with E-state index >= 15 is 0 Å². The summed E-state index contributed by atoms with van der Waals surface area (Å²) >= 11 is 0. The van der Waals surface area contributed by atoms with Gasteiger partial charge in [0.2, 0.25) is 0 Å². The number of hydrogen-bond acceptors (Lipinski definition) is 2. The Morgan fingerprint density at radius 3 is 1.48 bits per heavy atom. The lowest BCUT2D eigenvalue weighted by atomic mass is 10.0. The van der Waals surface area contributed by atoms with Crippen molar-refractivity contribution in [3.63, 3.8) is 0 Å². The molecule has 0 saturated carbocycles. The molecule has 0 spiro atoms. The summed E-state index contributed by atoms with van der Waals surface area (Å²) in [5.74, 6) is -1.39. The van der Waals surface area contributed by atoms with E-state index in [2.05, 4.69) is 4.98 Å². The van der Waals surface area contributed by atoms with Gasteiger partial charge in [-0.2, -0.15) is 26.3 Å². The van der Waals surface area contributed by atoms with E-state index in [9.17, 15) is 36.2 Å². The summed E-state index contributed by atoms with van der Waals surface area (Å²) in [6.07, 6.45) is -9.24. The zero-order valence-electron chi connectivity index (χ0n) is 14.3. The van der Waals surface area contributed by atoms with Gasteiger partial charge in [0.15, 0.2) is 0 Å². The van der Waals surface area contributed by atoms with Gasteiger partial charge in [-0.1, -0.05) is 24.3 Å². The highest BCUT2D eigenvalue weighted by atomic mass is 19.4. The first kappa shape index (κ1) is 20.4. The largest absolute Gasteiger partial charge is 0.478 e. The molecule has 29 heavy (non-hydrogen) atoms. The van der Waals surface area contributed by atoms with E-state index in [1.54, 1.807) is 0 Å². The molecule has 0 atom stereocenters. The van der Waals surface area contributed by atoms with E-state index in [1.807, 2.05) is 0 Å². The summed E-state index contributed by atoms with van der Waals surface area (Å²) in [7, 11) is 0. The van der Waals surface area contributed by atoms with Crippen molar-refractivity contribution < 1.29 is 36.2 Å². The second-order valence-corrected chi connectivity index (χ2v) is 6.09. The SMILES string of the molecule is O=C(O)c1cc(-c2cccc(C(F)(F)F)c2)nc(-c2cccc(C(F)(F)F)c2)c1. The Labute approximate surface area is 160 Å². The minimum Gasteiger partial charge on any atom is -0.478 e. The number of carboxylic acids is 1. The molecule has 0 saturated heterocycles. The summed E-state index contributed by atoms with van der Waals surface area (Å²) < 4.78 is 77.8. The van der Waals surface area contributed by atoms with E-state index < -0.39 is 29.4 Å². The molecule has 3 aromatic rings. The quantitative estimate of drug-likeness (QED) is 0.526. The molecular weight excluding hydrogens is 400 g/mol. The highest BCUT2D eigenvalue weighted by Crippen LogP contribution is 2.34. The summed E-state index contributed by atoms with van der Waals surface area (Å²) in [4.78, 5) is 15.5. The topological polar surface area (TPSA) is 50.2 Å². The number of carbonyl (C=O) groups is 1. The Morgan fingerprint density at radius 2 is 1.14 bits per heavy atom. The van der Waals surface area contributed by atoms with E-state index in [-0.39, 0.29) is 28.1 Å². The van der Waals surface area contributed by atoms with Crippen LogP contribution in [0.1, 0.15) is 21.5 Å². The van der Waals surface area contributed by atoms with Crippen molar-refractivity contribution in [3.05, 3.63) is 77.4 Å². The van der Waals surface area contributed by atoms with Crippen LogP contribution in [0.25, 0.3) is 22.5 Å². The number of aromatic nitrogens is 1. The number of hydrogen-bond donors (Lipinski definition) is 1. The van der Waals surface area contributed by atoms with Crippen LogP contribution in [0, 0.1) is 0 Å². The number of rotatable bonds is 3. The van der Waals surface area contributed by atoms with Crippen LogP contribution in [-0.4, -0.2) is 16.1 Å². The Balaban J connectivity index is 2.17. The monoisotopic (exact) mass is 411 g/mol. The Hall–Kier alpha value is -3.36. The molecule has 0 aliphatic heterocycles. The molecule has 0 unspecified atom stereocenters. The molecule has 0 bridgehead atoms. The van der Waals surface area contributed by atoms with E-state index in [1.165, 1.54) is 12.1 Å². The van der Waals surface area contributed by atoms with Crippen molar-refractivity contribution in [1.82, 2.24) is 4.98 Å². The molecule has 1 heterocycles. The first-order chi connectivity index (χ1) is 13.4. The maximum Gasteiger partial charge on any atom is 0.416 e. The number of pyridine rings is 1. The molecule has 3 nitrogen and oxygen atoms in total. The van der Waals surface area contributed by atoms with Gasteiger partial charge in [0, 0.05) is 11.1 Å². The van der Waals surface area contributed by atoms with Crippen LogP contribution >= 0.6 is 0 Å². The van der Waals surface area contributed by atoms with Crippen LogP contribution in [0.5, 0.6) is 0 Å². The number of nitrogens with zero attached hydrogens (tertiary/aromatic N) is 1. The second kappa shape index (κ2) is 7.23. The zero-order valence-corrected chi connectivity index (χ0v) is 14.3. The third-order valence-electron chi connectivity index (χ3n) is 4.04. The van der Waals surface area contributed by atoms with Gasteiger partial charge in [0.05, 0.1) is 28.1 Å². The lowest BCUT2D eigenvalue weighted by Gasteiger charge is -2.12. The molecule has 1 N–H and O–H groups in total. The van der Waals surface area contributed by atoms with Gasteiger partial charge in [-0.15, -0.1) is 0 Å². The van der Waals surface area contributed by atoms with Gasteiger partial charge in [0.25, 0.3) is 0 Å². The number of carboxylic acid groups (broad SMARTS) is 1. The van der Waals surface area contributed by atoms with E-state index in [4.69, 9.17) is 0 Å². The number of aromatic carboxylic acids is 1. The summed E-state index contributed by atoms with van der Waals surface area (Å²) in [6.45, 7) is 0. The molecule has 150 valence electrons. The third kappa shape index (κ3) is 4.56. The maximum atomic E-state index is 13.0. The van der Waals surface area contributed by atoms with Crippen molar-refractivity contribution in [2.45, 2.75) is 12.4 Å². The minimum atomic E-state index is -4.62. The Morgan fingerprint density at radius 1 is 0.724 bits per heavy atom. The molecule has 0 radical (unpaired) electrons. The summed E-state index contributed by atoms with van der Waals surface area (Å²) in [5, 5.41) is 9.31. The normalized spacial score (nSPS) is 12.1. The molecule has 9 heteroatoms. The molecule has 0 fully saturated rings. The van der Waals surface area contributed by atoms with Crippen LogP contribution in [0.4, 0.5) is 26.3 Å². The maximum absolute atomic E-state index is 13.0. The van der Waals surface area contributed by atoms with Crippen LogP contribution in [0.2, 0.25) is 0 Å². The standard InChI is InChI=1S/C20H11F6NO2/c21-19(22,23)14-5-1-3-11(7-14)16-9-13(18(28)29)10-17(27-16)12-4-2-6-15(8-12)20(24,25)26/h1-10H,(H,28,29). The van der Waals surface area contributed by atoms with E-state index in [0.29, 0.717) is 0 Å². The molecule has 0 amide bonds. The van der Waals surface area contributed by atoms with Gasteiger partial charge in [-0.05, 0) is 36.4 Å². The molecule has 3 rings (SSSR count). The highest BCUT2D eigenvalue weighted by Gasteiger charge is 2.31. The fraction of sp³-hybridized carbons (Fsp3) is 0.100. The average Bonchev–Trinajstić information content (AvgIpc) is 2.66. The van der Waals surface area contributed by atoms with Crippen LogP contribution in [0.3, 0.4) is 0 Å². The van der Waals surface area contributed by atoms with Crippen molar-refractivity contribution in [1.29, 1.82) is 0 Å². The lowest BCUT2D eigenvalue weighted by Crippen LogP contribution is -2.06. The van der Waals surface area contributed by atoms with Crippen molar-refractivity contribution >= 4 is 5.97 Å². The van der Waals surface area contributed by atoms with Crippen LogP contribution < -0.4 is 0 Å². The number of alkyl halides is 6. The van der Waals surface area contributed by atoms with Crippen LogP contribution in [0.15, 0.2) is 60.7 Å². The van der Waals surface area contributed by atoms with Gasteiger partial charge < -0.3 is 5.11 Å². The Bertz CT molecular complexity index is 997. The van der Waals surface area contributed by atoms with Gasteiger partial charge in [-0.3, -0.25) is 0 Å². The predicted octanol–water partition coefficient (Wildman–Crippen LogP) is 6.15. The molecule has 2 aromatic carbocycles. The smallest absolute Gasteiger partial charge is 0.416 e. The number of benzene rings is 2. The van der Waals surface area contributed by atoms with Crippen molar-refractivity contribution in [2.75, 3.05) is 0 Å². The van der Waals surface area contributed by atoms with Gasteiger partial charge >= 0.3 is 18.3 Å². The Kier molecular flexibility index (Phi) is 5.08. The highest BCUT2D eigenvalue weighted by molar-refractivity contribution is 5.90. The molecule has 0 aliphatic rings. The predicted molar refractivity (Wildman–Crippen MR) is 92.1 cm³/mol. The minimum absolute atomic E-state index is 0.0175. The molecular formula is C20H11F6NO2. The fourth-order valence-electron chi connectivity index (χ4n) is 2.66. The first-order valence-corrected chi connectivity index (χ1v) is 8.06. The number of halogens is 6. The molecule has 1 aromatic heterocycles. The van der Waals surface area contributed by atoms with Gasteiger partial charge in [0.1, 0.15) is 0 Å². The van der Waals surface area contributed by atoms with Crippen molar-refractivity contribution in [3.8, 4) is 22.5 Å². The van der Waals surface area contributed by atoms with Crippen LogP contribution in [-0.2, 0) is 12.4 Å². The van der Waals surface area contributed by atoms with E-state index in [0.717, 1.165) is 48.5 Å². The van der Waals surface area contributed by atoms with Crippen molar-refractivity contribution in [2.24, 2.45) is 0 Å². The third-order valence-corrected chi connectivity index (χ3v) is 4.04. The lowest BCUT2D eigenvalue weighted by molar-refractivity contribution is -0.138. The second-order valence-electron chi connectivity index (χ2n) is 6.09.